The number of rotatable bonds is 6. The van der Waals surface area contributed by atoms with Gasteiger partial charge < -0.3 is 16.2 Å². The predicted octanol–water partition coefficient (Wildman–Crippen LogP) is 1.08. The molecule has 0 unspecified atom stereocenters. The van der Waals surface area contributed by atoms with E-state index in [1.807, 2.05) is 0 Å². The highest BCUT2D eigenvalue weighted by atomic mass is 35.5. The van der Waals surface area contributed by atoms with E-state index in [4.69, 9.17) is 28.9 Å². The minimum Gasteiger partial charge on any atom is -0.391 e. The Morgan fingerprint density at radius 1 is 1.40 bits per heavy atom. The zero-order chi connectivity index (χ0) is 18.6. The average Bonchev–Trinajstić information content (AvgIpc) is 2.57. The van der Waals surface area contributed by atoms with Crippen LogP contribution in [0.1, 0.15) is 6.92 Å². The first-order chi connectivity index (χ1) is 11.8. The number of aromatic nitrogens is 2. The molecular formula is C16H18Cl2N4O3. The number of nitrogens with one attached hydrogen (secondary N) is 1. The number of halogens is 2. The summed E-state index contributed by atoms with van der Waals surface area (Å²) >= 11 is 11.9. The number of aliphatic hydroxyl groups excluding tert-OH is 1. The molecule has 0 saturated carbocycles. The summed E-state index contributed by atoms with van der Waals surface area (Å²) in [7, 11) is 0. The van der Waals surface area contributed by atoms with Gasteiger partial charge in [-0.1, -0.05) is 35.4 Å². The number of amides is 1. The van der Waals surface area contributed by atoms with Gasteiger partial charge in [0.1, 0.15) is 6.04 Å². The van der Waals surface area contributed by atoms with Crippen LogP contribution < -0.4 is 16.6 Å². The third-order valence-corrected chi connectivity index (χ3v) is 4.27. The second kappa shape index (κ2) is 8.44. The lowest BCUT2D eigenvalue weighted by Crippen LogP contribution is -2.47. The van der Waals surface area contributed by atoms with Gasteiger partial charge in [-0.15, -0.1) is 0 Å². The maximum Gasteiger partial charge on any atom is 0.261 e. The lowest BCUT2D eigenvalue weighted by Gasteiger charge is -2.13. The van der Waals surface area contributed by atoms with Gasteiger partial charge in [0.2, 0.25) is 5.91 Å². The first-order valence-corrected chi connectivity index (χ1v) is 8.27. The molecule has 25 heavy (non-hydrogen) atoms. The van der Waals surface area contributed by atoms with E-state index in [1.54, 1.807) is 18.2 Å². The van der Waals surface area contributed by atoms with Crippen molar-refractivity contribution in [2.24, 2.45) is 5.73 Å². The summed E-state index contributed by atoms with van der Waals surface area (Å²) in [6, 6.07) is 2.06. The summed E-state index contributed by atoms with van der Waals surface area (Å²) in [6.45, 7) is 1.95. The Hall–Kier alpha value is -1.93. The molecule has 9 heteroatoms. The highest BCUT2D eigenvalue weighted by Crippen LogP contribution is 2.24. The third-order valence-electron chi connectivity index (χ3n) is 3.55. The number of allylic oxidation sites excluding steroid dienone is 1. The summed E-state index contributed by atoms with van der Waals surface area (Å²) in [4.78, 5) is 28.1. The van der Waals surface area contributed by atoms with Gasteiger partial charge >= 0.3 is 0 Å². The number of hydrogen-bond donors (Lipinski definition) is 3. The highest BCUT2D eigenvalue weighted by molar-refractivity contribution is 6.42. The van der Waals surface area contributed by atoms with E-state index in [0.29, 0.717) is 20.9 Å². The molecule has 0 spiro atoms. The molecule has 0 aliphatic carbocycles. The Labute approximate surface area is 154 Å². The normalized spacial score (nSPS) is 14.0. The Kier molecular flexibility index (Phi) is 6.55. The van der Waals surface area contributed by atoms with Crippen LogP contribution in [0.25, 0.3) is 10.9 Å². The maximum absolute atomic E-state index is 12.4. The molecular weight excluding hydrogens is 367 g/mol. The first-order valence-electron chi connectivity index (χ1n) is 7.52. The third kappa shape index (κ3) is 4.79. The Bertz CT molecular complexity index is 864. The highest BCUT2D eigenvalue weighted by Gasteiger charge is 2.17. The fourth-order valence-corrected chi connectivity index (χ4v) is 2.37. The average molecular weight is 385 g/mol. The van der Waals surface area contributed by atoms with Crippen molar-refractivity contribution in [3.05, 3.63) is 51.0 Å². The number of aliphatic hydroxyl groups is 1. The summed E-state index contributed by atoms with van der Waals surface area (Å²) in [5, 5.41) is 12.8. The van der Waals surface area contributed by atoms with Crippen molar-refractivity contribution in [2.75, 3.05) is 6.54 Å². The lowest BCUT2D eigenvalue weighted by atomic mass is 10.2. The van der Waals surface area contributed by atoms with Crippen molar-refractivity contribution < 1.29 is 9.90 Å². The number of carbonyl (C=O) groups excluding carboxylic acids is 1. The molecule has 2 aromatic rings. The van der Waals surface area contributed by atoms with Gasteiger partial charge in [0.25, 0.3) is 5.56 Å². The van der Waals surface area contributed by atoms with Crippen molar-refractivity contribution in [3.8, 4) is 0 Å². The summed E-state index contributed by atoms with van der Waals surface area (Å²) in [5.41, 5.74) is 5.73. The number of nitrogens with zero attached hydrogens (tertiary/aromatic N) is 2. The van der Waals surface area contributed by atoms with Gasteiger partial charge in [-0.2, -0.15) is 0 Å². The van der Waals surface area contributed by atoms with Crippen LogP contribution >= 0.6 is 23.2 Å². The first kappa shape index (κ1) is 19.4. The smallest absolute Gasteiger partial charge is 0.261 e. The van der Waals surface area contributed by atoms with Crippen LogP contribution in [0.5, 0.6) is 0 Å². The molecule has 0 aliphatic heterocycles. The van der Waals surface area contributed by atoms with E-state index in [0.717, 1.165) is 0 Å². The fraction of sp³-hybridized carbons (Fsp3) is 0.312. The molecule has 0 fully saturated rings. The fourth-order valence-electron chi connectivity index (χ4n) is 2.05. The zero-order valence-corrected chi connectivity index (χ0v) is 15.0. The van der Waals surface area contributed by atoms with E-state index in [1.165, 1.54) is 23.9 Å². The van der Waals surface area contributed by atoms with Crippen LogP contribution in [0, 0.1) is 0 Å². The van der Waals surface area contributed by atoms with Crippen LogP contribution in [0.3, 0.4) is 0 Å². The van der Waals surface area contributed by atoms with E-state index in [-0.39, 0.29) is 18.6 Å². The molecule has 4 N–H and O–H groups in total. The van der Waals surface area contributed by atoms with Crippen LogP contribution in [-0.2, 0) is 11.3 Å². The van der Waals surface area contributed by atoms with E-state index in [2.05, 4.69) is 10.3 Å². The molecule has 0 aliphatic rings. The maximum atomic E-state index is 12.4. The number of fused-ring (bicyclic) bond motifs is 1. The Morgan fingerprint density at radius 3 is 2.76 bits per heavy atom. The number of carbonyl (C=O) groups is 1. The molecule has 0 bridgehead atoms. The van der Waals surface area contributed by atoms with Crippen molar-refractivity contribution in [3.63, 3.8) is 0 Å². The van der Waals surface area contributed by atoms with Crippen LogP contribution in [0.15, 0.2) is 35.4 Å². The quantitative estimate of drug-likeness (QED) is 0.645. The molecule has 134 valence electrons. The summed E-state index contributed by atoms with van der Waals surface area (Å²) in [6.07, 6.45) is 3.88. The second-order valence-electron chi connectivity index (χ2n) is 5.47. The van der Waals surface area contributed by atoms with Crippen LogP contribution in [-0.4, -0.2) is 39.3 Å². The molecule has 1 heterocycles. The minimum atomic E-state index is -0.975. The lowest BCUT2D eigenvalue weighted by molar-refractivity contribution is -0.124. The van der Waals surface area contributed by atoms with E-state index < -0.39 is 18.1 Å². The topological polar surface area (TPSA) is 110 Å². The molecule has 0 saturated heterocycles. The molecule has 2 atom stereocenters. The number of benzene rings is 1. The molecule has 2 rings (SSSR count). The number of nitrogens with two attached hydrogens (primary N) is 1. The van der Waals surface area contributed by atoms with Crippen LogP contribution in [0.2, 0.25) is 10.0 Å². The largest absolute Gasteiger partial charge is 0.391 e. The summed E-state index contributed by atoms with van der Waals surface area (Å²) < 4.78 is 1.41. The van der Waals surface area contributed by atoms with Gasteiger partial charge in [-0.3, -0.25) is 14.2 Å². The summed E-state index contributed by atoms with van der Waals surface area (Å²) in [5.74, 6) is -0.448. The monoisotopic (exact) mass is 384 g/mol. The standard InChI is InChI=1S/C16H18Cl2N4O3/c1-9(23)14(19)15(24)20-4-2-3-5-22-8-21-13-7-12(18)11(17)6-10(13)16(22)25/h2-3,6-9,14,23H,4-5,19H2,1H3,(H,20,24)/t9-,14+/m1/s1. The second-order valence-corrected chi connectivity index (χ2v) is 6.28. The van der Waals surface area contributed by atoms with E-state index in [9.17, 15) is 14.7 Å². The predicted molar refractivity (Wildman–Crippen MR) is 97.8 cm³/mol. The van der Waals surface area contributed by atoms with Gasteiger partial charge in [-0.05, 0) is 19.1 Å². The van der Waals surface area contributed by atoms with Crippen molar-refractivity contribution >= 4 is 40.0 Å². The SMILES string of the molecule is C[C@@H](O)[C@H](N)C(=O)NCC=CCn1cnc2cc(Cl)c(Cl)cc2c1=O. The van der Waals surface area contributed by atoms with Gasteiger partial charge in [0.05, 0.1) is 33.4 Å². The van der Waals surface area contributed by atoms with Crippen molar-refractivity contribution in [1.82, 2.24) is 14.9 Å². The Morgan fingerprint density at radius 2 is 2.08 bits per heavy atom. The molecule has 0 radical (unpaired) electrons. The molecule has 7 nitrogen and oxygen atoms in total. The molecule has 1 aromatic carbocycles. The minimum absolute atomic E-state index is 0.233. The van der Waals surface area contributed by atoms with Gasteiger partial charge in [-0.25, -0.2) is 4.98 Å². The van der Waals surface area contributed by atoms with E-state index >= 15 is 0 Å². The molecule has 1 amide bonds. The molecule has 1 aromatic heterocycles. The number of hydrogen-bond acceptors (Lipinski definition) is 5. The zero-order valence-electron chi connectivity index (χ0n) is 13.4. The van der Waals surface area contributed by atoms with Crippen molar-refractivity contribution in [2.45, 2.75) is 25.6 Å². The van der Waals surface area contributed by atoms with Gasteiger partial charge in [0.15, 0.2) is 0 Å². The Balaban J connectivity index is 2.02. The van der Waals surface area contributed by atoms with Gasteiger partial charge in [0, 0.05) is 13.1 Å². The van der Waals surface area contributed by atoms with Crippen molar-refractivity contribution in [1.29, 1.82) is 0 Å². The van der Waals surface area contributed by atoms with Crippen LogP contribution in [0.4, 0.5) is 0 Å².